The quantitative estimate of drug-likeness (QED) is 0.679. The standard InChI is InChI=1S/C8H13N3O4S2/c1-2-10-17(14,15)11-7-4-3-5-8(6-7)16(9,12)13/h3-6,10-11H,2H2,1H3,(H2,9,12,13). The van der Waals surface area contributed by atoms with Crippen LogP contribution >= 0.6 is 0 Å². The van der Waals surface area contributed by atoms with Crippen LogP contribution in [-0.2, 0) is 20.2 Å². The van der Waals surface area contributed by atoms with Crippen LogP contribution in [0.25, 0.3) is 0 Å². The molecule has 0 radical (unpaired) electrons. The second kappa shape index (κ2) is 5.00. The summed E-state index contributed by atoms with van der Waals surface area (Å²) >= 11 is 0. The summed E-state index contributed by atoms with van der Waals surface area (Å²) in [7, 11) is -7.53. The molecule has 1 aromatic rings. The number of nitrogens with one attached hydrogen (secondary N) is 2. The molecule has 96 valence electrons. The van der Waals surface area contributed by atoms with Crippen molar-refractivity contribution in [2.75, 3.05) is 11.3 Å². The van der Waals surface area contributed by atoms with E-state index in [1.54, 1.807) is 6.92 Å². The highest BCUT2D eigenvalue weighted by molar-refractivity contribution is 7.90. The van der Waals surface area contributed by atoms with Crippen molar-refractivity contribution in [3.63, 3.8) is 0 Å². The fraction of sp³-hybridized carbons (Fsp3) is 0.250. The minimum Gasteiger partial charge on any atom is -0.271 e. The topological polar surface area (TPSA) is 118 Å². The average molecular weight is 279 g/mol. The van der Waals surface area contributed by atoms with Gasteiger partial charge in [0.25, 0.3) is 10.2 Å². The fourth-order valence-corrected chi connectivity index (χ4v) is 2.57. The van der Waals surface area contributed by atoms with E-state index in [-0.39, 0.29) is 17.1 Å². The lowest BCUT2D eigenvalue weighted by Gasteiger charge is -2.08. The van der Waals surface area contributed by atoms with Gasteiger partial charge in [0.2, 0.25) is 10.0 Å². The molecule has 0 aliphatic carbocycles. The van der Waals surface area contributed by atoms with Gasteiger partial charge in [0, 0.05) is 6.54 Å². The van der Waals surface area contributed by atoms with Crippen molar-refractivity contribution in [1.29, 1.82) is 0 Å². The second-order valence-corrected chi connectivity index (χ2v) is 6.24. The van der Waals surface area contributed by atoms with Crippen LogP contribution in [0, 0.1) is 0 Å². The average Bonchev–Trinajstić information content (AvgIpc) is 2.15. The third kappa shape index (κ3) is 4.30. The summed E-state index contributed by atoms with van der Waals surface area (Å²) in [5.41, 5.74) is 0.123. The predicted octanol–water partition coefficient (Wildman–Crippen LogP) is -0.400. The fourth-order valence-electron chi connectivity index (χ4n) is 1.12. The van der Waals surface area contributed by atoms with Gasteiger partial charge in [-0.15, -0.1) is 0 Å². The van der Waals surface area contributed by atoms with Crippen molar-refractivity contribution in [2.24, 2.45) is 5.14 Å². The molecule has 1 rings (SSSR count). The maximum atomic E-state index is 11.4. The van der Waals surface area contributed by atoms with E-state index in [1.807, 2.05) is 0 Å². The lowest BCUT2D eigenvalue weighted by Crippen LogP contribution is -2.29. The van der Waals surface area contributed by atoms with Crippen LogP contribution in [0.5, 0.6) is 0 Å². The Hall–Kier alpha value is -1.16. The highest BCUT2D eigenvalue weighted by Crippen LogP contribution is 2.14. The third-order valence-electron chi connectivity index (χ3n) is 1.75. The molecule has 1 aromatic carbocycles. The Kier molecular flexibility index (Phi) is 4.09. The maximum Gasteiger partial charge on any atom is 0.299 e. The van der Waals surface area contributed by atoms with Gasteiger partial charge in [0.05, 0.1) is 10.6 Å². The van der Waals surface area contributed by atoms with Crippen molar-refractivity contribution >= 4 is 25.9 Å². The zero-order valence-electron chi connectivity index (χ0n) is 9.04. The Morgan fingerprint density at radius 2 is 1.88 bits per heavy atom. The molecule has 0 saturated carbocycles. The molecule has 7 nitrogen and oxygen atoms in total. The summed E-state index contributed by atoms with van der Waals surface area (Å²) in [5, 5.41) is 4.93. The normalized spacial score (nSPS) is 12.4. The molecule has 0 atom stereocenters. The molecule has 0 heterocycles. The lowest BCUT2D eigenvalue weighted by molar-refractivity contribution is 0.588. The summed E-state index contributed by atoms with van der Waals surface area (Å²) in [6, 6.07) is 5.23. The van der Waals surface area contributed by atoms with Gasteiger partial charge in [-0.1, -0.05) is 13.0 Å². The van der Waals surface area contributed by atoms with Crippen LogP contribution in [0.2, 0.25) is 0 Å². The molecule has 0 unspecified atom stereocenters. The highest BCUT2D eigenvalue weighted by atomic mass is 32.2. The first-order valence-corrected chi connectivity index (χ1v) is 7.68. The van der Waals surface area contributed by atoms with Crippen LogP contribution in [0.1, 0.15) is 6.92 Å². The van der Waals surface area contributed by atoms with E-state index in [4.69, 9.17) is 5.14 Å². The number of sulfonamides is 1. The monoisotopic (exact) mass is 279 g/mol. The van der Waals surface area contributed by atoms with Gasteiger partial charge < -0.3 is 0 Å². The minimum atomic E-state index is -3.85. The van der Waals surface area contributed by atoms with Crippen molar-refractivity contribution < 1.29 is 16.8 Å². The van der Waals surface area contributed by atoms with E-state index in [9.17, 15) is 16.8 Å². The molecular formula is C8H13N3O4S2. The second-order valence-electron chi connectivity index (χ2n) is 3.18. The van der Waals surface area contributed by atoms with Gasteiger partial charge in [-0.2, -0.15) is 13.1 Å². The van der Waals surface area contributed by atoms with Crippen LogP contribution in [-0.4, -0.2) is 23.4 Å². The van der Waals surface area contributed by atoms with Gasteiger partial charge in [-0.05, 0) is 18.2 Å². The van der Waals surface area contributed by atoms with Crippen molar-refractivity contribution in [2.45, 2.75) is 11.8 Å². The summed E-state index contributed by atoms with van der Waals surface area (Å²) in [6.45, 7) is 1.85. The van der Waals surface area contributed by atoms with Crippen molar-refractivity contribution in [3.05, 3.63) is 24.3 Å². The van der Waals surface area contributed by atoms with E-state index < -0.39 is 20.2 Å². The van der Waals surface area contributed by atoms with E-state index in [0.717, 1.165) is 6.07 Å². The van der Waals surface area contributed by atoms with Crippen LogP contribution < -0.4 is 14.6 Å². The van der Waals surface area contributed by atoms with Gasteiger partial charge in [0.15, 0.2) is 0 Å². The Bertz CT molecular complexity index is 595. The molecular weight excluding hydrogens is 266 g/mol. The smallest absolute Gasteiger partial charge is 0.271 e. The Labute approximate surface area is 100 Å². The highest BCUT2D eigenvalue weighted by Gasteiger charge is 2.11. The Balaban J connectivity index is 3.03. The summed E-state index contributed by atoms with van der Waals surface area (Å²) in [4.78, 5) is -0.158. The number of hydrogen-bond acceptors (Lipinski definition) is 4. The van der Waals surface area contributed by atoms with Crippen LogP contribution in [0.4, 0.5) is 5.69 Å². The molecule has 0 bridgehead atoms. The Morgan fingerprint density at radius 3 is 2.41 bits per heavy atom. The number of nitrogens with two attached hydrogens (primary N) is 1. The summed E-state index contributed by atoms with van der Waals surface area (Å²) in [6.07, 6.45) is 0. The molecule has 0 aromatic heterocycles. The molecule has 0 spiro atoms. The molecule has 9 heteroatoms. The van der Waals surface area contributed by atoms with Crippen molar-refractivity contribution in [3.8, 4) is 0 Å². The molecule has 0 saturated heterocycles. The van der Waals surface area contributed by atoms with Gasteiger partial charge in [-0.25, -0.2) is 13.6 Å². The molecule has 4 N–H and O–H groups in total. The third-order valence-corrected chi connectivity index (χ3v) is 3.83. The number of anilines is 1. The minimum absolute atomic E-state index is 0.123. The number of benzene rings is 1. The maximum absolute atomic E-state index is 11.4. The number of rotatable bonds is 5. The van der Waals surface area contributed by atoms with E-state index in [0.29, 0.717) is 0 Å². The Morgan fingerprint density at radius 1 is 1.24 bits per heavy atom. The van der Waals surface area contributed by atoms with E-state index >= 15 is 0 Å². The SMILES string of the molecule is CCNS(=O)(=O)Nc1cccc(S(N)(=O)=O)c1. The first-order chi connectivity index (χ1) is 7.74. The van der Waals surface area contributed by atoms with Crippen LogP contribution in [0.15, 0.2) is 29.2 Å². The zero-order chi connectivity index (χ0) is 13.1. The molecule has 0 aliphatic rings. The zero-order valence-corrected chi connectivity index (χ0v) is 10.7. The summed E-state index contributed by atoms with van der Waals surface area (Å²) in [5.74, 6) is 0. The molecule has 0 aliphatic heterocycles. The van der Waals surface area contributed by atoms with Gasteiger partial charge >= 0.3 is 0 Å². The summed E-state index contributed by atoms with van der Waals surface area (Å²) < 4.78 is 49.2. The van der Waals surface area contributed by atoms with Gasteiger partial charge in [0.1, 0.15) is 0 Å². The number of hydrogen-bond donors (Lipinski definition) is 3. The van der Waals surface area contributed by atoms with Gasteiger partial charge in [-0.3, -0.25) is 4.72 Å². The predicted molar refractivity (Wildman–Crippen MR) is 64.0 cm³/mol. The largest absolute Gasteiger partial charge is 0.299 e. The van der Waals surface area contributed by atoms with E-state index in [2.05, 4.69) is 9.44 Å². The van der Waals surface area contributed by atoms with E-state index in [1.165, 1.54) is 18.2 Å². The lowest BCUT2D eigenvalue weighted by atomic mass is 10.3. The molecule has 0 amide bonds. The number of primary sulfonamides is 1. The first-order valence-electron chi connectivity index (χ1n) is 4.65. The van der Waals surface area contributed by atoms with Crippen LogP contribution in [0.3, 0.4) is 0 Å². The molecule has 0 fully saturated rings. The molecule has 17 heavy (non-hydrogen) atoms. The first kappa shape index (κ1) is 13.9. The van der Waals surface area contributed by atoms with Crippen molar-refractivity contribution in [1.82, 2.24) is 4.72 Å².